The molecular formula is C15H19F3N2O. The van der Waals surface area contributed by atoms with Crippen molar-refractivity contribution in [1.82, 2.24) is 4.90 Å². The van der Waals surface area contributed by atoms with Gasteiger partial charge in [0.05, 0.1) is 12.3 Å². The second kappa shape index (κ2) is 6.47. The molecule has 2 N–H and O–H groups in total. The van der Waals surface area contributed by atoms with E-state index in [1.54, 1.807) is 12.1 Å². The monoisotopic (exact) mass is 300 g/mol. The summed E-state index contributed by atoms with van der Waals surface area (Å²) in [5.74, 6) is -1.66. The Morgan fingerprint density at radius 3 is 2.57 bits per heavy atom. The summed E-state index contributed by atoms with van der Waals surface area (Å²) in [5.41, 5.74) is 7.26. The van der Waals surface area contributed by atoms with Gasteiger partial charge in [-0.1, -0.05) is 24.3 Å². The molecular weight excluding hydrogens is 281 g/mol. The van der Waals surface area contributed by atoms with Gasteiger partial charge in [0.2, 0.25) is 5.91 Å². The van der Waals surface area contributed by atoms with Gasteiger partial charge < -0.3 is 10.6 Å². The molecule has 1 atom stereocenters. The fourth-order valence-electron chi connectivity index (χ4n) is 2.67. The van der Waals surface area contributed by atoms with E-state index in [9.17, 15) is 18.0 Å². The fraction of sp³-hybridized carbons (Fsp3) is 0.533. The number of hydrogen-bond acceptors (Lipinski definition) is 2. The lowest BCUT2D eigenvalue weighted by Gasteiger charge is -2.34. The Hall–Kier alpha value is -1.56. The highest BCUT2D eigenvalue weighted by molar-refractivity contribution is 5.79. The second-order valence-electron chi connectivity index (χ2n) is 5.37. The molecule has 21 heavy (non-hydrogen) atoms. The van der Waals surface area contributed by atoms with E-state index < -0.39 is 12.1 Å². The number of benzene rings is 1. The van der Waals surface area contributed by atoms with Crippen LogP contribution in [0, 0.1) is 5.92 Å². The van der Waals surface area contributed by atoms with Crippen LogP contribution in [-0.2, 0) is 17.8 Å². The maximum absolute atomic E-state index is 12.8. The molecule has 3 nitrogen and oxygen atoms in total. The van der Waals surface area contributed by atoms with Crippen LogP contribution < -0.4 is 5.73 Å². The summed E-state index contributed by atoms with van der Waals surface area (Å²) >= 11 is 0. The molecule has 0 bridgehead atoms. The molecule has 1 unspecified atom stereocenters. The molecule has 0 aliphatic carbocycles. The van der Waals surface area contributed by atoms with Crippen LogP contribution in [0.1, 0.15) is 24.0 Å². The van der Waals surface area contributed by atoms with Gasteiger partial charge in [-0.15, -0.1) is 0 Å². The molecule has 1 saturated heterocycles. The van der Waals surface area contributed by atoms with E-state index >= 15 is 0 Å². The maximum atomic E-state index is 12.8. The number of hydrogen-bond donors (Lipinski definition) is 1. The molecule has 1 aliphatic rings. The largest absolute Gasteiger partial charge is 0.393 e. The van der Waals surface area contributed by atoms with Crippen molar-refractivity contribution in [2.45, 2.75) is 32.0 Å². The molecule has 0 radical (unpaired) electrons. The Labute approximate surface area is 121 Å². The van der Waals surface area contributed by atoms with Crippen molar-refractivity contribution in [2.75, 3.05) is 13.1 Å². The van der Waals surface area contributed by atoms with E-state index in [0.717, 1.165) is 11.1 Å². The smallest absolute Gasteiger partial charge is 0.342 e. The number of nitrogens with two attached hydrogens (primary N) is 1. The minimum Gasteiger partial charge on any atom is -0.342 e. The summed E-state index contributed by atoms with van der Waals surface area (Å²) in [6.07, 6.45) is -3.62. The van der Waals surface area contributed by atoms with Crippen LogP contribution in [0.4, 0.5) is 13.2 Å². The predicted molar refractivity (Wildman–Crippen MR) is 73.4 cm³/mol. The third kappa shape index (κ3) is 3.97. The van der Waals surface area contributed by atoms with Crippen LogP contribution in [0.2, 0.25) is 0 Å². The van der Waals surface area contributed by atoms with Gasteiger partial charge in [-0.25, -0.2) is 0 Å². The Bertz CT molecular complexity index is 502. The van der Waals surface area contributed by atoms with Crippen LogP contribution in [0.5, 0.6) is 0 Å². The lowest BCUT2D eigenvalue weighted by molar-refractivity contribution is -0.187. The van der Waals surface area contributed by atoms with E-state index in [1.807, 2.05) is 12.1 Å². The van der Waals surface area contributed by atoms with Gasteiger partial charge in [-0.2, -0.15) is 13.2 Å². The first-order valence-electron chi connectivity index (χ1n) is 7.03. The lowest BCUT2D eigenvalue weighted by atomic mass is 9.96. The molecule has 1 amide bonds. The summed E-state index contributed by atoms with van der Waals surface area (Å²) in [6, 6.07) is 7.26. The topological polar surface area (TPSA) is 46.3 Å². The van der Waals surface area contributed by atoms with Crippen molar-refractivity contribution in [3.8, 4) is 0 Å². The Morgan fingerprint density at radius 2 is 1.95 bits per heavy atom. The molecule has 0 aromatic heterocycles. The van der Waals surface area contributed by atoms with Crippen molar-refractivity contribution < 1.29 is 18.0 Å². The van der Waals surface area contributed by atoms with E-state index in [-0.39, 0.29) is 25.3 Å². The summed E-state index contributed by atoms with van der Waals surface area (Å²) in [5, 5.41) is 0. The fourth-order valence-corrected chi connectivity index (χ4v) is 2.67. The number of nitrogens with zero attached hydrogens (tertiary/aromatic N) is 1. The van der Waals surface area contributed by atoms with Crippen molar-refractivity contribution >= 4 is 5.91 Å². The van der Waals surface area contributed by atoms with Crippen molar-refractivity contribution in [3.05, 3.63) is 35.4 Å². The molecule has 1 aromatic carbocycles. The maximum Gasteiger partial charge on any atom is 0.393 e. The molecule has 1 aromatic rings. The number of carbonyl (C=O) groups is 1. The second-order valence-corrected chi connectivity index (χ2v) is 5.37. The number of alkyl halides is 3. The van der Waals surface area contributed by atoms with Crippen molar-refractivity contribution in [2.24, 2.45) is 11.7 Å². The molecule has 6 heteroatoms. The molecule has 1 fully saturated rings. The number of rotatable bonds is 3. The predicted octanol–water partition coefficient (Wildman–Crippen LogP) is 2.49. The lowest BCUT2D eigenvalue weighted by Crippen LogP contribution is -2.45. The van der Waals surface area contributed by atoms with E-state index in [4.69, 9.17) is 5.73 Å². The van der Waals surface area contributed by atoms with Crippen LogP contribution in [-0.4, -0.2) is 30.1 Å². The summed E-state index contributed by atoms with van der Waals surface area (Å²) in [6.45, 7) is 0.484. The van der Waals surface area contributed by atoms with Gasteiger partial charge in [0.1, 0.15) is 0 Å². The molecule has 2 rings (SSSR count). The number of piperidine rings is 1. The van der Waals surface area contributed by atoms with Gasteiger partial charge in [0, 0.05) is 19.6 Å². The van der Waals surface area contributed by atoms with Gasteiger partial charge in [-0.05, 0) is 24.0 Å². The zero-order chi connectivity index (χ0) is 15.5. The van der Waals surface area contributed by atoms with Gasteiger partial charge >= 0.3 is 6.18 Å². The van der Waals surface area contributed by atoms with Crippen LogP contribution in [0.25, 0.3) is 0 Å². The first-order valence-corrected chi connectivity index (χ1v) is 7.03. The van der Waals surface area contributed by atoms with E-state index in [2.05, 4.69) is 0 Å². The summed E-state index contributed by atoms with van der Waals surface area (Å²) in [7, 11) is 0. The standard InChI is InChI=1S/C15H19F3N2O/c16-15(17,18)13-6-3-7-20(10-13)14(21)8-11-4-1-2-5-12(11)9-19/h1-2,4-5,13H,3,6-10,19H2. The number of amides is 1. The van der Waals surface area contributed by atoms with E-state index in [0.29, 0.717) is 19.5 Å². The number of carbonyl (C=O) groups excluding carboxylic acids is 1. The minimum atomic E-state index is -4.23. The normalized spacial score (nSPS) is 19.6. The summed E-state index contributed by atoms with van der Waals surface area (Å²) < 4.78 is 38.3. The Kier molecular flexibility index (Phi) is 4.88. The average molecular weight is 300 g/mol. The molecule has 1 aliphatic heterocycles. The SMILES string of the molecule is NCc1ccccc1CC(=O)N1CCCC(C(F)(F)F)C1. The third-order valence-electron chi connectivity index (χ3n) is 3.92. The zero-order valence-electron chi connectivity index (χ0n) is 11.7. The first-order chi connectivity index (χ1) is 9.91. The first kappa shape index (κ1) is 15.8. The van der Waals surface area contributed by atoms with E-state index in [1.165, 1.54) is 4.90 Å². The van der Waals surface area contributed by atoms with Crippen LogP contribution in [0.3, 0.4) is 0 Å². The van der Waals surface area contributed by atoms with Crippen molar-refractivity contribution in [1.29, 1.82) is 0 Å². The Morgan fingerprint density at radius 1 is 1.29 bits per heavy atom. The number of halogens is 3. The third-order valence-corrected chi connectivity index (χ3v) is 3.92. The van der Waals surface area contributed by atoms with Gasteiger partial charge in [0.15, 0.2) is 0 Å². The highest BCUT2D eigenvalue weighted by Crippen LogP contribution is 2.33. The zero-order valence-corrected chi connectivity index (χ0v) is 11.7. The quantitative estimate of drug-likeness (QED) is 0.932. The number of likely N-dealkylation sites (tertiary alicyclic amines) is 1. The molecule has 0 saturated carbocycles. The van der Waals surface area contributed by atoms with Crippen LogP contribution in [0.15, 0.2) is 24.3 Å². The Balaban J connectivity index is 2.03. The highest BCUT2D eigenvalue weighted by Gasteiger charge is 2.42. The average Bonchev–Trinajstić information content (AvgIpc) is 2.47. The minimum absolute atomic E-state index is 0.104. The highest BCUT2D eigenvalue weighted by atomic mass is 19.4. The molecule has 0 spiro atoms. The summed E-state index contributed by atoms with van der Waals surface area (Å²) in [4.78, 5) is 13.6. The van der Waals surface area contributed by atoms with Crippen molar-refractivity contribution in [3.63, 3.8) is 0 Å². The molecule has 1 heterocycles. The van der Waals surface area contributed by atoms with Gasteiger partial charge in [0.25, 0.3) is 0 Å². The molecule has 116 valence electrons. The van der Waals surface area contributed by atoms with Crippen LogP contribution >= 0.6 is 0 Å². The van der Waals surface area contributed by atoms with Gasteiger partial charge in [-0.3, -0.25) is 4.79 Å².